The number of hydrogen-bond donors (Lipinski definition) is 1. The zero-order valence-electron chi connectivity index (χ0n) is 16.0. The van der Waals surface area contributed by atoms with Crippen molar-refractivity contribution in [1.82, 2.24) is 15.2 Å². The van der Waals surface area contributed by atoms with Gasteiger partial charge < -0.3 is 14.8 Å². The largest absolute Gasteiger partial charge is 0.444 e. The molecule has 148 valence electrons. The van der Waals surface area contributed by atoms with E-state index in [1.54, 1.807) is 52.8 Å². The molecule has 0 radical (unpaired) electrons. The molecule has 1 N–H and O–H groups in total. The molecule has 0 bridgehead atoms. The first-order valence-corrected chi connectivity index (χ1v) is 9.30. The first-order valence-electron chi connectivity index (χ1n) is 8.50. The van der Waals surface area contributed by atoms with Crippen molar-refractivity contribution in [2.75, 3.05) is 13.2 Å². The van der Waals surface area contributed by atoms with Crippen LogP contribution in [0.4, 0.5) is 4.79 Å². The summed E-state index contributed by atoms with van der Waals surface area (Å²) in [5, 5.41) is 2.55. The molecule has 27 heavy (non-hydrogen) atoms. The molecule has 0 spiro atoms. The topological polar surface area (TPSA) is 97.8 Å². The zero-order valence-corrected chi connectivity index (χ0v) is 17.6. The number of rotatable bonds is 4. The summed E-state index contributed by atoms with van der Waals surface area (Å²) in [6.07, 6.45) is -0.648. The molecule has 0 aliphatic carbocycles. The number of ether oxygens (including phenoxy) is 2. The molecule has 1 aromatic heterocycles. The van der Waals surface area contributed by atoms with Gasteiger partial charge in [-0.2, -0.15) is 0 Å². The molecule has 1 saturated heterocycles. The Morgan fingerprint density at radius 2 is 2.04 bits per heavy atom. The summed E-state index contributed by atoms with van der Waals surface area (Å²) in [5.74, 6) is -0.832. The number of halogens is 1. The molecule has 1 aliphatic heterocycles. The van der Waals surface area contributed by atoms with Gasteiger partial charge in [0.1, 0.15) is 27.7 Å². The van der Waals surface area contributed by atoms with E-state index in [9.17, 15) is 14.4 Å². The molecular weight excluding hydrogens is 418 g/mol. The molecule has 1 aromatic rings. The summed E-state index contributed by atoms with van der Waals surface area (Å²) < 4.78 is 11.5. The smallest absolute Gasteiger partial charge is 0.413 e. The summed E-state index contributed by atoms with van der Waals surface area (Å²) in [6.45, 7) is 8.37. The van der Waals surface area contributed by atoms with E-state index in [1.165, 1.54) is 4.90 Å². The molecule has 0 saturated carbocycles. The van der Waals surface area contributed by atoms with Crippen LogP contribution in [-0.4, -0.2) is 58.2 Å². The Morgan fingerprint density at radius 1 is 1.37 bits per heavy atom. The average Bonchev–Trinajstić information content (AvgIpc) is 2.86. The van der Waals surface area contributed by atoms with Crippen molar-refractivity contribution < 1.29 is 23.9 Å². The van der Waals surface area contributed by atoms with Crippen LogP contribution < -0.4 is 5.32 Å². The van der Waals surface area contributed by atoms with Crippen LogP contribution in [0.25, 0.3) is 0 Å². The first-order chi connectivity index (χ1) is 12.4. The van der Waals surface area contributed by atoms with Crippen molar-refractivity contribution in [3.05, 3.63) is 28.5 Å². The second-order valence-electron chi connectivity index (χ2n) is 7.61. The van der Waals surface area contributed by atoms with Crippen molar-refractivity contribution >= 4 is 33.7 Å². The van der Waals surface area contributed by atoms with Crippen LogP contribution in [0.15, 0.2) is 22.8 Å². The molecule has 1 fully saturated rings. The molecular formula is C18H24BrN3O5. The van der Waals surface area contributed by atoms with Gasteiger partial charge in [0.2, 0.25) is 5.91 Å². The fraction of sp³-hybridized carbons (Fsp3) is 0.556. The Labute approximate surface area is 166 Å². The van der Waals surface area contributed by atoms with E-state index in [2.05, 4.69) is 26.2 Å². The Morgan fingerprint density at radius 3 is 2.63 bits per heavy atom. The van der Waals surface area contributed by atoms with Crippen LogP contribution in [0.5, 0.6) is 0 Å². The van der Waals surface area contributed by atoms with Crippen molar-refractivity contribution in [2.45, 2.75) is 52.0 Å². The van der Waals surface area contributed by atoms with Gasteiger partial charge in [-0.3, -0.25) is 14.5 Å². The molecule has 9 heteroatoms. The minimum absolute atomic E-state index is 0.0153. The first kappa shape index (κ1) is 21.3. The zero-order chi connectivity index (χ0) is 20.4. The van der Waals surface area contributed by atoms with Crippen LogP contribution >= 0.6 is 15.9 Å². The van der Waals surface area contributed by atoms with Gasteiger partial charge in [-0.05, 0) is 62.7 Å². The molecule has 2 amide bonds. The highest BCUT2D eigenvalue weighted by molar-refractivity contribution is 9.10. The number of carbonyl (C=O) groups is 3. The van der Waals surface area contributed by atoms with E-state index in [4.69, 9.17) is 9.47 Å². The fourth-order valence-electron chi connectivity index (χ4n) is 2.59. The number of amides is 2. The maximum atomic E-state index is 12.6. The van der Waals surface area contributed by atoms with E-state index in [0.29, 0.717) is 4.60 Å². The van der Waals surface area contributed by atoms with Gasteiger partial charge in [0.15, 0.2) is 5.78 Å². The highest BCUT2D eigenvalue weighted by atomic mass is 79.9. The van der Waals surface area contributed by atoms with Gasteiger partial charge in [-0.25, -0.2) is 9.78 Å². The molecule has 2 heterocycles. The quantitative estimate of drug-likeness (QED) is 0.569. The number of aromatic nitrogens is 1. The van der Waals surface area contributed by atoms with Crippen LogP contribution in [0.3, 0.4) is 0 Å². The predicted octanol–water partition coefficient (Wildman–Crippen LogP) is 2.52. The standard InChI is InChI=1S/C18H24BrN3O5/c1-17(2,3)27-16(25)22-12(10-26-18(22,4)5)15(24)20-9-13(23)11-7-6-8-14(19)21-11/h6-8,12H,9-10H2,1-5H3,(H,20,24)/t12-/m0/s1. The number of ketones is 1. The van der Waals surface area contributed by atoms with Gasteiger partial charge in [0, 0.05) is 0 Å². The lowest BCUT2D eigenvalue weighted by Crippen LogP contribution is -2.55. The van der Waals surface area contributed by atoms with E-state index in [1.807, 2.05) is 0 Å². The van der Waals surface area contributed by atoms with Gasteiger partial charge in [0.25, 0.3) is 0 Å². The third kappa shape index (κ3) is 5.49. The number of nitrogens with one attached hydrogen (secondary N) is 1. The van der Waals surface area contributed by atoms with Gasteiger partial charge in [-0.15, -0.1) is 0 Å². The summed E-state index contributed by atoms with van der Waals surface area (Å²) in [7, 11) is 0. The predicted molar refractivity (Wildman–Crippen MR) is 101 cm³/mol. The number of Topliss-reactive ketones (excluding diaryl/α,β-unsaturated/α-hetero) is 1. The van der Waals surface area contributed by atoms with Gasteiger partial charge in [0.05, 0.1) is 13.2 Å². The second-order valence-corrected chi connectivity index (χ2v) is 8.42. The third-order valence-corrected chi connectivity index (χ3v) is 4.24. The number of nitrogens with zero attached hydrogens (tertiary/aromatic N) is 2. The molecule has 2 rings (SSSR count). The van der Waals surface area contributed by atoms with Crippen LogP contribution in [0.2, 0.25) is 0 Å². The fourth-order valence-corrected chi connectivity index (χ4v) is 2.94. The van der Waals surface area contributed by atoms with E-state index < -0.39 is 29.4 Å². The van der Waals surface area contributed by atoms with Crippen LogP contribution in [0, 0.1) is 0 Å². The second kappa shape index (κ2) is 7.93. The Balaban J connectivity index is 2.05. The molecule has 0 unspecified atom stereocenters. The maximum absolute atomic E-state index is 12.6. The van der Waals surface area contributed by atoms with Gasteiger partial charge in [-0.1, -0.05) is 6.07 Å². The number of carbonyl (C=O) groups excluding carboxylic acids is 3. The van der Waals surface area contributed by atoms with Crippen molar-refractivity contribution in [1.29, 1.82) is 0 Å². The number of hydrogen-bond acceptors (Lipinski definition) is 6. The molecule has 0 aromatic carbocycles. The minimum Gasteiger partial charge on any atom is -0.444 e. The molecule has 1 aliphatic rings. The van der Waals surface area contributed by atoms with E-state index >= 15 is 0 Å². The highest BCUT2D eigenvalue weighted by Crippen LogP contribution is 2.29. The van der Waals surface area contributed by atoms with Crippen LogP contribution in [0.1, 0.15) is 45.1 Å². The Bertz CT molecular complexity index is 745. The van der Waals surface area contributed by atoms with E-state index in [0.717, 1.165) is 0 Å². The van der Waals surface area contributed by atoms with Crippen molar-refractivity contribution in [3.63, 3.8) is 0 Å². The monoisotopic (exact) mass is 441 g/mol. The third-order valence-electron chi connectivity index (χ3n) is 3.80. The Kier molecular flexibility index (Phi) is 6.26. The summed E-state index contributed by atoms with van der Waals surface area (Å²) in [4.78, 5) is 42.7. The lowest BCUT2D eigenvalue weighted by atomic mass is 10.2. The Hall–Kier alpha value is -2.00. The number of pyridine rings is 1. The molecule has 1 atom stereocenters. The normalized spacial score (nSPS) is 18.9. The van der Waals surface area contributed by atoms with E-state index in [-0.39, 0.29) is 24.6 Å². The minimum atomic E-state index is -1.000. The molecule has 8 nitrogen and oxygen atoms in total. The lowest BCUT2D eigenvalue weighted by molar-refractivity contribution is -0.126. The SMILES string of the molecule is CC(C)(C)OC(=O)N1[C@H](C(=O)NCC(=O)c2cccc(Br)n2)COC1(C)C. The van der Waals surface area contributed by atoms with Gasteiger partial charge >= 0.3 is 6.09 Å². The van der Waals surface area contributed by atoms with Crippen molar-refractivity contribution in [2.24, 2.45) is 0 Å². The summed E-state index contributed by atoms with van der Waals surface area (Å²) in [5.41, 5.74) is -1.48. The van der Waals surface area contributed by atoms with Crippen molar-refractivity contribution in [3.8, 4) is 0 Å². The summed E-state index contributed by atoms with van der Waals surface area (Å²) in [6, 6.07) is 4.06. The summed E-state index contributed by atoms with van der Waals surface area (Å²) >= 11 is 3.20. The maximum Gasteiger partial charge on any atom is 0.413 e. The van der Waals surface area contributed by atoms with Crippen LogP contribution in [-0.2, 0) is 14.3 Å². The highest BCUT2D eigenvalue weighted by Gasteiger charge is 2.48. The average molecular weight is 442 g/mol. The lowest BCUT2D eigenvalue weighted by Gasteiger charge is -2.34.